The highest BCUT2D eigenvalue weighted by atomic mass is 35.5. The predicted molar refractivity (Wildman–Crippen MR) is 143 cm³/mol. The van der Waals surface area contributed by atoms with E-state index in [2.05, 4.69) is 76.9 Å². The van der Waals surface area contributed by atoms with Crippen LogP contribution in [0.1, 0.15) is 80.0 Å². The van der Waals surface area contributed by atoms with Crippen molar-refractivity contribution in [3.8, 4) is 0 Å². The number of para-hydroxylation sites is 1. The minimum absolute atomic E-state index is 0. The Labute approximate surface area is 205 Å². The monoisotopic (exact) mass is 465 g/mol. The van der Waals surface area contributed by atoms with Crippen LogP contribution in [0.5, 0.6) is 0 Å². The fourth-order valence-corrected chi connectivity index (χ4v) is 6.02. The van der Waals surface area contributed by atoms with E-state index in [1.807, 2.05) is 0 Å². The van der Waals surface area contributed by atoms with Crippen LogP contribution in [0.15, 0.2) is 54.7 Å². The Morgan fingerprint density at radius 2 is 1.76 bits per heavy atom. The molecular weight excluding hydrogens is 426 g/mol. The van der Waals surface area contributed by atoms with Crippen molar-refractivity contribution >= 4 is 23.3 Å². The summed E-state index contributed by atoms with van der Waals surface area (Å²) in [6, 6.07) is 19.7. The van der Waals surface area contributed by atoms with Crippen LogP contribution < -0.4 is 10.6 Å². The van der Waals surface area contributed by atoms with Gasteiger partial charge in [0.15, 0.2) is 0 Å². The Kier molecular flexibility index (Phi) is 8.51. The van der Waals surface area contributed by atoms with Crippen molar-refractivity contribution in [2.24, 2.45) is 0 Å². The molecule has 0 amide bonds. The molecule has 2 heterocycles. The highest BCUT2D eigenvalue weighted by Gasteiger charge is 2.24. The van der Waals surface area contributed by atoms with Gasteiger partial charge in [0, 0.05) is 35.1 Å². The van der Waals surface area contributed by atoms with Crippen LogP contribution in [0.25, 0.3) is 10.9 Å². The molecule has 2 N–H and O–H groups in total. The van der Waals surface area contributed by atoms with Gasteiger partial charge in [0.1, 0.15) is 0 Å². The summed E-state index contributed by atoms with van der Waals surface area (Å²) in [5.74, 6) is 0.429. The van der Waals surface area contributed by atoms with Crippen LogP contribution in [0, 0.1) is 6.92 Å². The molecule has 2 aromatic carbocycles. The zero-order chi connectivity index (χ0) is 21.8. The third-order valence-corrected chi connectivity index (χ3v) is 7.76. The zero-order valence-electron chi connectivity index (χ0n) is 20.1. The number of hydrogen-bond acceptors (Lipinski definition) is 2. The molecule has 1 aliphatic carbocycles. The van der Waals surface area contributed by atoms with E-state index >= 15 is 0 Å². The molecule has 0 radical (unpaired) electrons. The number of piperidine rings is 1. The van der Waals surface area contributed by atoms with Gasteiger partial charge in [-0.3, -0.25) is 0 Å². The molecule has 2 fully saturated rings. The second-order valence-corrected chi connectivity index (χ2v) is 10.0. The van der Waals surface area contributed by atoms with E-state index in [0.29, 0.717) is 18.0 Å². The maximum absolute atomic E-state index is 3.88. The number of rotatable bonds is 7. The normalized spacial score (nSPS) is 18.8. The number of halogens is 1. The van der Waals surface area contributed by atoms with E-state index in [-0.39, 0.29) is 12.4 Å². The highest BCUT2D eigenvalue weighted by molar-refractivity contribution is 5.85. The Balaban J connectivity index is 0.00000259. The number of fused-ring (bicyclic) bond motifs is 1. The first-order chi connectivity index (χ1) is 15.8. The first kappa shape index (κ1) is 24.3. The number of hydrogen-bond donors (Lipinski definition) is 2. The second-order valence-electron chi connectivity index (χ2n) is 10.0. The molecule has 1 saturated carbocycles. The summed E-state index contributed by atoms with van der Waals surface area (Å²) >= 11 is 0. The Bertz CT molecular complexity index is 1010. The third kappa shape index (κ3) is 5.65. The summed E-state index contributed by atoms with van der Waals surface area (Å²) in [7, 11) is 0. The van der Waals surface area contributed by atoms with Gasteiger partial charge in [-0.2, -0.15) is 0 Å². The summed E-state index contributed by atoms with van der Waals surface area (Å²) < 4.78 is 2.63. The summed E-state index contributed by atoms with van der Waals surface area (Å²) in [5, 5.41) is 8.81. The van der Waals surface area contributed by atoms with Gasteiger partial charge >= 0.3 is 0 Å². The van der Waals surface area contributed by atoms with Crippen molar-refractivity contribution in [3.05, 3.63) is 71.4 Å². The standard InChI is InChI=1S/C29H39N3.ClH/c1-22-8-7-9-23(20-22)26(16-19-31-24-14-17-30-18-15-24)28-21-32(25-10-3-2-4-11-25)29-13-6-5-12-27(28)29;/h5-9,12-13,20-21,24-26,30-31H,2-4,10-11,14-19H2,1H3;1H. The highest BCUT2D eigenvalue weighted by Crippen LogP contribution is 2.39. The van der Waals surface area contributed by atoms with Gasteiger partial charge in [-0.15, -0.1) is 12.4 Å². The number of aromatic nitrogens is 1. The van der Waals surface area contributed by atoms with E-state index in [0.717, 1.165) is 26.1 Å². The van der Waals surface area contributed by atoms with E-state index in [9.17, 15) is 0 Å². The van der Waals surface area contributed by atoms with Crippen molar-refractivity contribution in [2.75, 3.05) is 19.6 Å². The fraction of sp³-hybridized carbons (Fsp3) is 0.517. The van der Waals surface area contributed by atoms with Crippen molar-refractivity contribution < 1.29 is 0 Å². The van der Waals surface area contributed by atoms with Gasteiger partial charge in [-0.1, -0.05) is 67.3 Å². The van der Waals surface area contributed by atoms with Crippen LogP contribution in [-0.2, 0) is 0 Å². The number of benzene rings is 2. The number of nitrogens with zero attached hydrogens (tertiary/aromatic N) is 1. The van der Waals surface area contributed by atoms with Gasteiger partial charge in [-0.25, -0.2) is 0 Å². The lowest BCUT2D eigenvalue weighted by Crippen LogP contribution is -2.40. The maximum atomic E-state index is 3.88. The summed E-state index contributed by atoms with van der Waals surface area (Å²) in [5.41, 5.74) is 5.76. The quantitative estimate of drug-likeness (QED) is 0.404. The molecule has 0 spiro atoms. The molecule has 1 unspecified atom stereocenters. The average molecular weight is 466 g/mol. The first-order valence-electron chi connectivity index (χ1n) is 12.9. The molecule has 178 valence electrons. The molecule has 3 aromatic rings. The molecule has 0 bridgehead atoms. The molecule has 2 aliphatic rings. The Hall–Kier alpha value is -1.81. The smallest absolute Gasteiger partial charge is 0.0485 e. The molecule has 5 rings (SSSR count). The minimum Gasteiger partial charge on any atom is -0.344 e. The van der Waals surface area contributed by atoms with Gasteiger partial charge in [-0.05, 0) is 75.9 Å². The van der Waals surface area contributed by atoms with Gasteiger partial charge in [0.05, 0.1) is 0 Å². The van der Waals surface area contributed by atoms with Gasteiger partial charge in [0.25, 0.3) is 0 Å². The van der Waals surface area contributed by atoms with Crippen LogP contribution in [0.2, 0.25) is 0 Å². The molecule has 1 saturated heterocycles. The van der Waals surface area contributed by atoms with Crippen LogP contribution >= 0.6 is 12.4 Å². The van der Waals surface area contributed by atoms with E-state index in [4.69, 9.17) is 0 Å². The third-order valence-electron chi connectivity index (χ3n) is 7.76. The largest absolute Gasteiger partial charge is 0.344 e. The van der Waals surface area contributed by atoms with Crippen molar-refractivity contribution in [3.63, 3.8) is 0 Å². The Morgan fingerprint density at radius 3 is 2.55 bits per heavy atom. The minimum atomic E-state index is 0. The predicted octanol–water partition coefficient (Wildman–Crippen LogP) is 6.74. The van der Waals surface area contributed by atoms with Gasteiger partial charge < -0.3 is 15.2 Å². The van der Waals surface area contributed by atoms with Crippen molar-refractivity contribution in [1.29, 1.82) is 0 Å². The fourth-order valence-electron chi connectivity index (χ4n) is 6.02. The first-order valence-corrected chi connectivity index (χ1v) is 12.9. The SMILES string of the molecule is Cc1cccc(C(CCNC2CCNCC2)c2cn(C3CCCCC3)c3ccccc23)c1.Cl. The topological polar surface area (TPSA) is 29.0 Å². The van der Waals surface area contributed by atoms with Crippen molar-refractivity contribution in [1.82, 2.24) is 15.2 Å². The molecule has 33 heavy (non-hydrogen) atoms. The average Bonchev–Trinajstić information content (AvgIpc) is 3.22. The molecule has 3 nitrogen and oxygen atoms in total. The van der Waals surface area contributed by atoms with Crippen LogP contribution in [-0.4, -0.2) is 30.2 Å². The lowest BCUT2D eigenvalue weighted by atomic mass is 9.87. The summed E-state index contributed by atoms with van der Waals surface area (Å²) in [4.78, 5) is 0. The van der Waals surface area contributed by atoms with E-state index in [1.165, 1.54) is 72.5 Å². The van der Waals surface area contributed by atoms with Crippen LogP contribution in [0.4, 0.5) is 0 Å². The molecule has 4 heteroatoms. The molecule has 1 aliphatic heterocycles. The van der Waals surface area contributed by atoms with E-state index in [1.54, 1.807) is 0 Å². The van der Waals surface area contributed by atoms with E-state index < -0.39 is 0 Å². The zero-order valence-corrected chi connectivity index (χ0v) is 20.9. The summed E-state index contributed by atoms with van der Waals surface area (Å²) in [6.07, 6.45) is 12.9. The van der Waals surface area contributed by atoms with Crippen molar-refractivity contribution in [2.45, 2.75) is 76.3 Å². The Morgan fingerprint density at radius 1 is 0.970 bits per heavy atom. The van der Waals surface area contributed by atoms with Gasteiger partial charge in [0.2, 0.25) is 0 Å². The number of nitrogens with one attached hydrogen (secondary N) is 2. The molecular formula is C29H40ClN3. The van der Waals surface area contributed by atoms with Crippen LogP contribution in [0.3, 0.4) is 0 Å². The second kappa shape index (κ2) is 11.6. The molecule has 1 aromatic heterocycles. The molecule has 1 atom stereocenters. The number of aryl methyl sites for hydroxylation is 1. The lowest BCUT2D eigenvalue weighted by molar-refractivity contribution is 0.360. The maximum Gasteiger partial charge on any atom is 0.0485 e. The summed E-state index contributed by atoms with van der Waals surface area (Å²) in [6.45, 7) is 5.59. The lowest BCUT2D eigenvalue weighted by Gasteiger charge is -2.25.